The van der Waals surface area contributed by atoms with Gasteiger partial charge in [0.1, 0.15) is 6.07 Å². The van der Waals surface area contributed by atoms with E-state index in [2.05, 4.69) is 24.5 Å². The van der Waals surface area contributed by atoms with Crippen LogP contribution in [0.5, 0.6) is 11.5 Å². The van der Waals surface area contributed by atoms with Crippen molar-refractivity contribution in [2.45, 2.75) is 65.3 Å². The molecule has 1 aromatic heterocycles. The Morgan fingerprint density at radius 3 is 2.48 bits per heavy atom. The minimum Gasteiger partial charge on any atom is -0.493 e. The van der Waals surface area contributed by atoms with Gasteiger partial charge >= 0.3 is 0 Å². The number of hydrogen-bond donors (Lipinski definition) is 0. The highest BCUT2D eigenvalue weighted by Crippen LogP contribution is 2.30. The Kier molecular flexibility index (Phi) is 9.38. The molecule has 3 rings (SSSR count). The van der Waals surface area contributed by atoms with Crippen LogP contribution >= 0.6 is 0 Å². The minimum absolute atomic E-state index is 0.520. The van der Waals surface area contributed by atoms with Crippen molar-refractivity contribution in [3.63, 3.8) is 0 Å². The molecule has 0 unspecified atom stereocenters. The monoisotopic (exact) mass is 445 g/mol. The van der Waals surface area contributed by atoms with E-state index in [4.69, 9.17) is 14.5 Å². The molecule has 0 atom stereocenters. The Labute approximate surface area is 197 Å². The highest BCUT2D eigenvalue weighted by atomic mass is 16.5. The number of ether oxygens (including phenoxy) is 2. The third-order valence-corrected chi connectivity index (χ3v) is 5.84. The van der Waals surface area contributed by atoms with Crippen molar-refractivity contribution in [2.75, 3.05) is 13.7 Å². The molecule has 0 aliphatic carbocycles. The van der Waals surface area contributed by atoms with Crippen LogP contribution in [-0.2, 0) is 6.54 Å². The summed E-state index contributed by atoms with van der Waals surface area (Å²) in [5.41, 5.74) is 3.32. The molecule has 0 saturated carbocycles. The van der Waals surface area contributed by atoms with Gasteiger partial charge in [-0.25, -0.2) is 4.98 Å². The van der Waals surface area contributed by atoms with Gasteiger partial charge in [-0.15, -0.1) is 0 Å². The first kappa shape index (κ1) is 24.4. The summed E-state index contributed by atoms with van der Waals surface area (Å²) in [6, 6.07) is 16.1. The van der Waals surface area contributed by atoms with Crippen LogP contribution in [0.4, 0.5) is 0 Å². The van der Waals surface area contributed by atoms with Crippen LogP contribution in [0.15, 0.2) is 42.5 Å². The first-order valence-electron chi connectivity index (χ1n) is 12.1. The summed E-state index contributed by atoms with van der Waals surface area (Å²) in [6.45, 7) is 5.73. The zero-order valence-corrected chi connectivity index (χ0v) is 20.1. The number of allylic oxidation sites excluding steroid dienone is 1. The fourth-order valence-electron chi connectivity index (χ4n) is 4.05. The molecule has 3 aromatic rings. The molecule has 0 N–H and O–H groups in total. The number of methoxy groups -OCH3 is 1. The van der Waals surface area contributed by atoms with E-state index < -0.39 is 0 Å². The lowest BCUT2D eigenvalue weighted by molar-refractivity contribution is 0.284. The Morgan fingerprint density at radius 1 is 1.00 bits per heavy atom. The molecule has 33 heavy (non-hydrogen) atoms. The van der Waals surface area contributed by atoms with Gasteiger partial charge in [0.25, 0.3) is 0 Å². The number of aryl methyl sites for hydroxylation is 1. The SMILES string of the molecule is CCCCCCCCCOc1ccc(/C=C(/C#N)c2nc3ccccc3n2CC)cc1OC. The molecule has 0 spiro atoms. The standard InChI is InChI=1S/C28H35N3O2/c1-4-6-7-8-9-10-13-18-33-26-17-16-22(20-27(26)32-3)19-23(21-29)28-30-24-14-11-12-15-25(24)31(28)5-2/h11-12,14-17,19-20H,4-10,13,18H2,1-3H3/b23-19-. The van der Waals surface area contributed by atoms with E-state index in [1.54, 1.807) is 7.11 Å². The molecule has 2 aromatic carbocycles. The molecule has 0 radical (unpaired) electrons. The van der Waals surface area contributed by atoms with E-state index in [1.165, 1.54) is 38.5 Å². The van der Waals surface area contributed by atoms with Gasteiger partial charge in [0.2, 0.25) is 0 Å². The quantitative estimate of drug-likeness (QED) is 0.205. The Balaban J connectivity index is 1.70. The highest BCUT2D eigenvalue weighted by molar-refractivity contribution is 5.91. The van der Waals surface area contributed by atoms with E-state index >= 15 is 0 Å². The molecule has 5 nitrogen and oxygen atoms in total. The summed E-state index contributed by atoms with van der Waals surface area (Å²) in [5.74, 6) is 2.09. The van der Waals surface area contributed by atoms with Crippen LogP contribution in [0.3, 0.4) is 0 Å². The lowest BCUT2D eigenvalue weighted by Gasteiger charge is -2.12. The van der Waals surface area contributed by atoms with Gasteiger partial charge in [-0.2, -0.15) is 5.26 Å². The number of nitrogens with zero attached hydrogens (tertiary/aromatic N) is 3. The molecule has 0 bridgehead atoms. The second-order valence-electron chi connectivity index (χ2n) is 8.22. The average molecular weight is 446 g/mol. The molecule has 0 saturated heterocycles. The molecule has 5 heteroatoms. The van der Waals surface area contributed by atoms with E-state index in [9.17, 15) is 5.26 Å². The number of rotatable bonds is 13. The molecular weight excluding hydrogens is 410 g/mol. The smallest absolute Gasteiger partial charge is 0.161 e. The summed E-state index contributed by atoms with van der Waals surface area (Å²) in [4.78, 5) is 4.71. The lowest BCUT2D eigenvalue weighted by Crippen LogP contribution is -2.01. The zero-order chi connectivity index (χ0) is 23.5. The summed E-state index contributed by atoms with van der Waals surface area (Å²) >= 11 is 0. The zero-order valence-electron chi connectivity index (χ0n) is 20.1. The van der Waals surface area contributed by atoms with Crippen LogP contribution in [0.2, 0.25) is 0 Å². The second-order valence-corrected chi connectivity index (χ2v) is 8.22. The molecule has 0 fully saturated rings. The highest BCUT2D eigenvalue weighted by Gasteiger charge is 2.14. The number of fused-ring (bicyclic) bond motifs is 1. The van der Waals surface area contributed by atoms with Crippen molar-refractivity contribution in [3.05, 3.63) is 53.9 Å². The number of nitriles is 1. The first-order chi connectivity index (χ1) is 16.2. The van der Waals surface area contributed by atoms with Gasteiger partial charge in [-0.3, -0.25) is 0 Å². The van der Waals surface area contributed by atoms with Crippen molar-refractivity contribution in [1.82, 2.24) is 9.55 Å². The molecular formula is C28H35N3O2. The second kappa shape index (κ2) is 12.7. The fraction of sp³-hybridized carbons (Fsp3) is 0.429. The number of hydrogen-bond acceptors (Lipinski definition) is 4. The number of benzene rings is 2. The Hall–Kier alpha value is -3.26. The van der Waals surface area contributed by atoms with Crippen LogP contribution in [-0.4, -0.2) is 23.3 Å². The van der Waals surface area contributed by atoms with Crippen molar-refractivity contribution < 1.29 is 9.47 Å². The average Bonchev–Trinajstić information content (AvgIpc) is 3.23. The summed E-state index contributed by atoms with van der Waals surface area (Å²) < 4.78 is 13.6. The topological polar surface area (TPSA) is 60.1 Å². The third kappa shape index (κ3) is 6.38. The van der Waals surface area contributed by atoms with Gasteiger partial charge in [0.05, 0.1) is 30.3 Å². The Bertz CT molecular complexity index is 1110. The summed E-state index contributed by atoms with van der Waals surface area (Å²) in [7, 11) is 1.64. The third-order valence-electron chi connectivity index (χ3n) is 5.84. The van der Waals surface area contributed by atoms with Gasteiger partial charge in [-0.05, 0) is 49.2 Å². The number of unbranched alkanes of at least 4 members (excludes halogenated alkanes) is 6. The maximum atomic E-state index is 9.87. The summed E-state index contributed by atoms with van der Waals surface area (Å²) in [5, 5.41) is 9.87. The molecule has 0 aliphatic rings. The maximum Gasteiger partial charge on any atom is 0.161 e. The molecule has 0 amide bonds. The van der Waals surface area contributed by atoms with Crippen molar-refractivity contribution >= 4 is 22.7 Å². The molecule has 1 heterocycles. The number of aromatic nitrogens is 2. The van der Waals surface area contributed by atoms with E-state index in [-0.39, 0.29) is 0 Å². The van der Waals surface area contributed by atoms with Gasteiger partial charge in [-0.1, -0.05) is 63.6 Å². The van der Waals surface area contributed by atoms with Crippen molar-refractivity contribution in [2.24, 2.45) is 0 Å². The van der Waals surface area contributed by atoms with Crippen LogP contribution in [0.25, 0.3) is 22.7 Å². The normalized spacial score (nSPS) is 11.5. The van der Waals surface area contributed by atoms with Gasteiger partial charge < -0.3 is 14.0 Å². The van der Waals surface area contributed by atoms with Gasteiger partial charge in [0.15, 0.2) is 17.3 Å². The number of para-hydroxylation sites is 2. The van der Waals surface area contributed by atoms with Gasteiger partial charge in [0, 0.05) is 6.54 Å². The van der Waals surface area contributed by atoms with E-state index in [1.807, 2.05) is 48.5 Å². The van der Waals surface area contributed by atoms with Crippen molar-refractivity contribution in [3.8, 4) is 17.6 Å². The maximum absolute atomic E-state index is 9.87. The molecule has 0 aliphatic heterocycles. The molecule has 174 valence electrons. The van der Waals surface area contributed by atoms with E-state index in [0.717, 1.165) is 35.3 Å². The first-order valence-corrected chi connectivity index (χ1v) is 12.1. The predicted octanol–water partition coefficient (Wildman–Crippen LogP) is 7.26. The van der Waals surface area contributed by atoms with E-state index in [0.29, 0.717) is 23.8 Å². The largest absolute Gasteiger partial charge is 0.493 e. The predicted molar refractivity (Wildman–Crippen MR) is 135 cm³/mol. The minimum atomic E-state index is 0.520. The summed E-state index contributed by atoms with van der Waals surface area (Å²) in [6.07, 6.45) is 10.6. The fourth-order valence-corrected chi connectivity index (χ4v) is 4.05. The Morgan fingerprint density at radius 2 is 1.76 bits per heavy atom. The van der Waals surface area contributed by atoms with Crippen molar-refractivity contribution in [1.29, 1.82) is 5.26 Å². The van der Waals surface area contributed by atoms with Crippen LogP contribution < -0.4 is 9.47 Å². The lowest BCUT2D eigenvalue weighted by atomic mass is 10.1. The van der Waals surface area contributed by atoms with Crippen LogP contribution in [0.1, 0.15) is 70.2 Å². The van der Waals surface area contributed by atoms with Crippen LogP contribution in [0, 0.1) is 11.3 Å². The number of imidazole rings is 1.